The third-order valence-corrected chi connectivity index (χ3v) is 6.05. The van der Waals surface area contributed by atoms with E-state index in [1.807, 2.05) is 40.2 Å². The minimum atomic E-state index is 0.0614. The van der Waals surface area contributed by atoms with Crippen LogP contribution in [0.25, 0.3) is 16.2 Å². The second-order valence-corrected chi connectivity index (χ2v) is 7.74. The van der Waals surface area contributed by atoms with Gasteiger partial charge >= 0.3 is 0 Å². The molecule has 2 aromatic heterocycles. The van der Waals surface area contributed by atoms with Gasteiger partial charge in [-0.3, -0.25) is 9.20 Å². The Balaban J connectivity index is 1.34. The van der Waals surface area contributed by atoms with Crippen LogP contribution in [0.1, 0.15) is 29.3 Å². The number of hydrogen-bond donors (Lipinski definition) is 1. The van der Waals surface area contributed by atoms with Crippen molar-refractivity contribution in [2.75, 3.05) is 0 Å². The molecule has 1 atom stereocenters. The van der Waals surface area contributed by atoms with Gasteiger partial charge in [-0.2, -0.15) is 0 Å². The number of hydrogen-bond acceptors (Lipinski definition) is 3. The summed E-state index contributed by atoms with van der Waals surface area (Å²) in [5, 5.41) is 5.24. The average molecular weight is 373 g/mol. The molecule has 0 radical (unpaired) electrons. The molecule has 0 fully saturated rings. The summed E-state index contributed by atoms with van der Waals surface area (Å²) in [5.74, 6) is 0.0614. The normalized spacial score (nSPS) is 15.8. The molecule has 0 aliphatic heterocycles. The molecule has 0 bridgehead atoms. The van der Waals surface area contributed by atoms with Gasteiger partial charge in [0.05, 0.1) is 18.2 Å². The van der Waals surface area contributed by atoms with Crippen LogP contribution < -0.4 is 5.32 Å². The first-order chi connectivity index (χ1) is 13.3. The van der Waals surface area contributed by atoms with Crippen molar-refractivity contribution in [3.05, 3.63) is 83.0 Å². The van der Waals surface area contributed by atoms with Crippen LogP contribution in [0.2, 0.25) is 0 Å². The zero-order valence-corrected chi connectivity index (χ0v) is 15.6. The van der Waals surface area contributed by atoms with E-state index < -0.39 is 0 Å². The zero-order valence-electron chi connectivity index (χ0n) is 14.8. The van der Waals surface area contributed by atoms with E-state index in [0.717, 1.165) is 34.8 Å². The second-order valence-electron chi connectivity index (χ2n) is 6.91. The quantitative estimate of drug-likeness (QED) is 0.576. The topological polar surface area (TPSA) is 46.4 Å². The molecule has 1 aliphatic rings. The van der Waals surface area contributed by atoms with Gasteiger partial charge in [-0.05, 0) is 24.0 Å². The first-order valence-corrected chi connectivity index (χ1v) is 10.0. The number of benzene rings is 2. The molecule has 2 aromatic carbocycles. The summed E-state index contributed by atoms with van der Waals surface area (Å²) >= 11 is 1.57. The number of imidazole rings is 1. The number of carbonyl (C=O) groups is 1. The molecule has 2 heterocycles. The Morgan fingerprint density at radius 3 is 2.85 bits per heavy atom. The summed E-state index contributed by atoms with van der Waals surface area (Å²) < 4.78 is 2.04. The molecule has 1 N–H and O–H groups in total. The molecule has 27 heavy (non-hydrogen) atoms. The van der Waals surface area contributed by atoms with Gasteiger partial charge in [0.15, 0.2) is 4.96 Å². The summed E-state index contributed by atoms with van der Waals surface area (Å²) in [6, 6.07) is 18.6. The smallest absolute Gasteiger partial charge is 0.226 e. The minimum Gasteiger partial charge on any atom is -0.349 e. The molecular weight excluding hydrogens is 354 g/mol. The van der Waals surface area contributed by atoms with Gasteiger partial charge in [0, 0.05) is 22.8 Å². The molecule has 1 amide bonds. The highest BCUT2D eigenvalue weighted by Gasteiger charge is 2.23. The van der Waals surface area contributed by atoms with Gasteiger partial charge in [-0.25, -0.2) is 4.98 Å². The highest BCUT2D eigenvalue weighted by molar-refractivity contribution is 7.15. The number of aryl methyl sites for hydroxylation is 1. The highest BCUT2D eigenvalue weighted by Crippen LogP contribution is 2.31. The third-order valence-electron chi connectivity index (χ3n) is 5.16. The second kappa shape index (κ2) is 6.67. The van der Waals surface area contributed by atoms with Gasteiger partial charge in [0.2, 0.25) is 5.91 Å². The summed E-state index contributed by atoms with van der Waals surface area (Å²) in [6.07, 6.45) is 4.40. The van der Waals surface area contributed by atoms with Crippen LogP contribution in [0.4, 0.5) is 0 Å². The number of fused-ring (bicyclic) bond motifs is 2. The molecule has 5 rings (SSSR count). The van der Waals surface area contributed by atoms with E-state index in [1.165, 1.54) is 11.1 Å². The Morgan fingerprint density at radius 1 is 1.15 bits per heavy atom. The fraction of sp³-hybridized carbons (Fsp3) is 0.182. The molecule has 0 saturated heterocycles. The van der Waals surface area contributed by atoms with Crippen molar-refractivity contribution in [2.45, 2.75) is 25.3 Å². The monoisotopic (exact) mass is 373 g/mol. The number of aromatic nitrogens is 2. The lowest BCUT2D eigenvalue weighted by Crippen LogP contribution is -2.28. The van der Waals surface area contributed by atoms with Crippen LogP contribution in [0.5, 0.6) is 0 Å². The van der Waals surface area contributed by atoms with Crippen molar-refractivity contribution >= 4 is 22.2 Å². The molecule has 0 spiro atoms. The number of rotatable bonds is 4. The van der Waals surface area contributed by atoms with E-state index in [4.69, 9.17) is 4.98 Å². The fourth-order valence-electron chi connectivity index (χ4n) is 3.82. The SMILES string of the molecule is O=C(Cc1csc2nc(-c3ccccc3)cn12)NC1CCc2ccccc21. The van der Waals surface area contributed by atoms with Gasteiger partial charge < -0.3 is 5.32 Å². The van der Waals surface area contributed by atoms with Crippen molar-refractivity contribution in [2.24, 2.45) is 0 Å². The van der Waals surface area contributed by atoms with Crippen molar-refractivity contribution < 1.29 is 4.79 Å². The van der Waals surface area contributed by atoms with E-state index in [-0.39, 0.29) is 11.9 Å². The van der Waals surface area contributed by atoms with Crippen LogP contribution >= 0.6 is 11.3 Å². The fourth-order valence-corrected chi connectivity index (χ4v) is 4.69. The van der Waals surface area contributed by atoms with Gasteiger partial charge in [-0.1, -0.05) is 54.6 Å². The van der Waals surface area contributed by atoms with E-state index in [2.05, 4.69) is 35.6 Å². The molecule has 1 unspecified atom stereocenters. The van der Waals surface area contributed by atoms with E-state index in [9.17, 15) is 4.79 Å². The maximum absolute atomic E-state index is 12.7. The summed E-state index contributed by atoms with van der Waals surface area (Å²) in [5.41, 5.74) is 5.62. The Morgan fingerprint density at radius 2 is 1.96 bits per heavy atom. The summed E-state index contributed by atoms with van der Waals surface area (Å²) in [4.78, 5) is 18.3. The van der Waals surface area contributed by atoms with Crippen molar-refractivity contribution in [3.8, 4) is 11.3 Å². The summed E-state index contributed by atoms with van der Waals surface area (Å²) in [7, 11) is 0. The predicted molar refractivity (Wildman–Crippen MR) is 108 cm³/mol. The lowest BCUT2D eigenvalue weighted by molar-refractivity contribution is -0.121. The number of thiazole rings is 1. The van der Waals surface area contributed by atoms with E-state index in [0.29, 0.717) is 6.42 Å². The standard InChI is InChI=1S/C22H19N3OS/c26-21(23-19-11-10-15-6-4-5-9-18(15)19)12-17-14-27-22-24-20(13-25(17)22)16-7-2-1-3-8-16/h1-9,13-14,19H,10-12H2,(H,23,26). The van der Waals surface area contributed by atoms with Gasteiger partial charge in [-0.15, -0.1) is 11.3 Å². The average Bonchev–Trinajstić information content (AvgIpc) is 3.39. The Bertz CT molecular complexity index is 1110. The van der Waals surface area contributed by atoms with Crippen molar-refractivity contribution in [1.29, 1.82) is 0 Å². The Labute approximate surface area is 161 Å². The Hall–Kier alpha value is -2.92. The van der Waals surface area contributed by atoms with Crippen molar-refractivity contribution in [3.63, 3.8) is 0 Å². The maximum Gasteiger partial charge on any atom is 0.226 e. The first kappa shape index (κ1) is 16.3. The predicted octanol–water partition coefficient (Wildman–Crippen LogP) is 4.41. The van der Waals surface area contributed by atoms with Crippen LogP contribution in [-0.2, 0) is 17.6 Å². The summed E-state index contributed by atoms with van der Waals surface area (Å²) in [6.45, 7) is 0. The van der Waals surface area contributed by atoms with Crippen molar-refractivity contribution in [1.82, 2.24) is 14.7 Å². The number of nitrogens with zero attached hydrogens (tertiary/aromatic N) is 2. The molecule has 5 heteroatoms. The van der Waals surface area contributed by atoms with Crippen LogP contribution in [0.3, 0.4) is 0 Å². The molecular formula is C22H19N3OS. The highest BCUT2D eigenvalue weighted by atomic mass is 32.1. The number of carbonyl (C=O) groups excluding carboxylic acids is 1. The molecule has 134 valence electrons. The maximum atomic E-state index is 12.7. The van der Waals surface area contributed by atoms with Crippen LogP contribution in [0, 0.1) is 0 Å². The van der Waals surface area contributed by atoms with E-state index >= 15 is 0 Å². The van der Waals surface area contributed by atoms with Crippen LogP contribution in [0.15, 0.2) is 66.2 Å². The molecule has 4 aromatic rings. The largest absolute Gasteiger partial charge is 0.349 e. The van der Waals surface area contributed by atoms with Gasteiger partial charge in [0.1, 0.15) is 0 Å². The molecule has 1 aliphatic carbocycles. The minimum absolute atomic E-state index is 0.0614. The van der Waals surface area contributed by atoms with Crippen LogP contribution in [-0.4, -0.2) is 15.3 Å². The zero-order chi connectivity index (χ0) is 18.2. The first-order valence-electron chi connectivity index (χ1n) is 9.16. The number of amides is 1. The lowest BCUT2D eigenvalue weighted by atomic mass is 10.1. The number of nitrogens with one attached hydrogen (secondary N) is 1. The lowest BCUT2D eigenvalue weighted by Gasteiger charge is -2.13. The van der Waals surface area contributed by atoms with Gasteiger partial charge in [0.25, 0.3) is 0 Å². The molecule has 4 nitrogen and oxygen atoms in total. The van der Waals surface area contributed by atoms with E-state index in [1.54, 1.807) is 11.3 Å². The Kier molecular flexibility index (Phi) is 4.02. The third kappa shape index (κ3) is 3.04. The molecule has 0 saturated carbocycles.